The number of morpholine rings is 1. The molecule has 4 heterocycles. The highest BCUT2D eigenvalue weighted by molar-refractivity contribution is 7.25. The number of thiophene rings is 1. The maximum Gasteiger partial charge on any atom is 0.275 e. The molecular formula is C19H17N5O3S. The Bertz CT molecular complexity index is 1240. The molecule has 0 saturated carbocycles. The van der Waals surface area contributed by atoms with Crippen LogP contribution in [0.5, 0.6) is 0 Å². The van der Waals surface area contributed by atoms with Crippen molar-refractivity contribution in [2.45, 2.75) is 12.1 Å². The summed E-state index contributed by atoms with van der Waals surface area (Å²) in [7, 11) is 3.90. The van der Waals surface area contributed by atoms with Crippen molar-refractivity contribution in [2.75, 3.05) is 25.6 Å². The molecule has 0 bridgehead atoms. The molecule has 3 aromatic rings. The van der Waals surface area contributed by atoms with Gasteiger partial charge in [-0.2, -0.15) is 0 Å². The molecule has 3 aromatic heterocycles. The molecule has 1 amide bonds. The van der Waals surface area contributed by atoms with Crippen molar-refractivity contribution in [1.29, 1.82) is 0 Å². The van der Waals surface area contributed by atoms with Crippen LogP contribution in [0.4, 0.5) is 5.69 Å². The van der Waals surface area contributed by atoms with E-state index in [9.17, 15) is 9.59 Å². The Kier molecular flexibility index (Phi) is 3.81. The number of anilines is 1. The van der Waals surface area contributed by atoms with Crippen molar-refractivity contribution in [3.05, 3.63) is 47.2 Å². The third-order valence-electron chi connectivity index (χ3n) is 4.92. The summed E-state index contributed by atoms with van der Waals surface area (Å²) in [6.45, 7) is 0.0468. The highest BCUT2D eigenvalue weighted by Crippen LogP contribution is 2.35. The lowest BCUT2D eigenvalue weighted by Crippen LogP contribution is -2.51. The van der Waals surface area contributed by atoms with E-state index >= 15 is 0 Å². The second kappa shape index (κ2) is 6.25. The Morgan fingerprint density at radius 1 is 1.32 bits per heavy atom. The molecule has 0 spiro atoms. The second-order valence-corrected chi connectivity index (χ2v) is 7.92. The first-order valence-electron chi connectivity index (χ1n) is 8.80. The second-order valence-electron chi connectivity index (χ2n) is 6.92. The van der Waals surface area contributed by atoms with Gasteiger partial charge < -0.3 is 15.0 Å². The van der Waals surface area contributed by atoms with Crippen molar-refractivity contribution < 1.29 is 9.53 Å². The standard InChI is InChI=1S/C19H17N5O3S/c1-23(2)12-5-6-20-18-15(12)16-17(28-18)19(26)24(9-21-16)10-3-4-13-11(7-10)22-14(25)8-27-13/h3-7,9,11,13H,8H2,1-2H3,(H,22,25). The van der Waals surface area contributed by atoms with E-state index in [4.69, 9.17) is 4.74 Å². The van der Waals surface area contributed by atoms with Gasteiger partial charge in [0.25, 0.3) is 5.56 Å². The van der Waals surface area contributed by atoms with Crippen LogP contribution in [-0.4, -0.2) is 53.3 Å². The zero-order valence-electron chi connectivity index (χ0n) is 15.2. The third-order valence-corrected chi connectivity index (χ3v) is 5.99. The van der Waals surface area contributed by atoms with Crippen LogP contribution >= 0.6 is 11.3 Å². The van der Waals surface area contributed by atoms with Gasteiger partial charge in [-0.1, -0.05) is 6.08 Å². The molecule has 1 aliphatic carbocycles. The van der Waals surface area contributed by atoms with Gasteiger partial charge in [0, 0.05) is 26.0 Å². The van der Waals surface area contributed by atoms with Crippen LogP contribution < -0.4 is 15.8 Å². The van der Waals surface area contributed by atoms with E-state index in [0.717, 1.165) is 15.9 Å². The lowest BCUT2D eigenvalue weighted by Gasteiger charge is -2.31. The first kappa shape index (κ1) is 17.1. The summed E-state index contributed by atoms with van der Waals surface area (Å²) < 4.78 is 7.55. The van der Waals surface area contributed by atoms with Crippen LogP contribution in [0.2, 0.25) is 0 Å². The van der Waals surface area contributed by atoms with Gasteiger partial charge in [-0.15, -0.1) is 11.3 Å². The van der Waals surface area contributed by atoms with Gasteiger partial charge in [-0.3, -0.25) is 14.2 Å². The normalized spacial score (nSPS) is 21.5. The van der Waals surface area contributed by atoms with Crippen molar-refractivity contribution in [3.8, 4) is 0 Å². The molecule has 2 aliphatic rings. The summed E-state index contributed by atoms with van der Waals surface area (Å²) in [5.74, 6) is -0.167. The van der Waals surface area contributed by atoms with Crippen molar-refractivity contribution in [1.82, 2.24) is 19.9 Å². The molecule has 0 radical (unpaired) electrons. The number of carbonyl (C=O) groups excluding carboxylic acids is 1. The largest absolute Gasteiger partial charge is 0.377 e. The van der Waals surface area contributed by atoms with Gasteiger partial charge in [-0.05, 0) is 18.2 Å². The molecule has 9 heteroatoms. The summed E-state index contributed by atoms with van der Waals surface area (Å²) >= 11 is 1.34. The van der Waals surface area contributed by atoms with Crippen LogP contribution in [0.15, 0.2) is 41.6 Å². The zero-order valence-corrected chi connectivity index (χ0v) is 16.1. The predicted octanol–water partition coefficient (Wildman–Crippen LogP) is 1.37. The van der Waals surface area contributed by atoms with Crippen LogP contribution in [0.25, 0.3) is 26.1 Å². The van der Waals surface area contributed by atoms with Crippen molar-refractivity contribution in [2.24, 2.45) is 0 Å². The number of ether oxygens (including phenoxy) is 1. The van der Waals surface area contributed by atoms with E-state index in [-0.39, 0.29) is 30.2 Å². The highest BCUT2D eigenvalue weighted by atomic mass is 32.1. The number of fused-ring (bicyclic) bond motifs is 4. The van der Waals surface area contributed by atoms with Gasteiger partial charge in [0.15, 0.2) is 0 Å². The molecule has 0 aromatic carbocycles. The van der Waals surface area contributed by atoms with Gasteiger partial charge in [-0.25, -0.2) is 9.97 Å². The zero-order chi connectivity index (χ0) is 19.4. The molecule has 1 fully saturated rings. The molecule has 1 N–H and O–H groups in total. The number of hydrogen-bond donors (Lipinski definition) is 1. The Balaban J connectivity index is 1.66. The summed E-state index contributed by atoms with van der Waals surface area (Å²) in [5.41, 5.74) is 2.13. The minimum atomic E-state index is -0.298. The molecule has 5 rings (SSSR count). The minimum Gasteiger partial charge on any atom is -0.377 e. The molecular weight excluding hydrogens is 378 g/mol. The fraction of sp³-hybridized carbons (Fsp3) is 0.263. The molecule has 8 nitrogen and oxygen atoms in total. The topological polar surface area (TPSA) is 89.4 Å². The molecule has 2 atom stereocenters. The maximum atomic E-state index is 13.2. The SMILES string of the molecule is CN(C)c1ccnc2sc3c(=O)n(C4=CC5NC(=O)COC5C=C4)cnc3c12. The quantitative estimate of drug-likeness (QED) is 0.705. The maximum absolute atomic E-state index is 13.2. The Morgan fingerprint density at radius 3 is 3.00 bits per heavy atom. The molecule has 142 valence electrons. The van der Waals surface area contributed by atoms with Crippen molar-refractivity contribution in [3.63, 3.8) is 0 Å². The summed E-state index contributed by atoms with van der Waals surface area (Å²) in [4.78, 5) is 36.6. The Morgan fingerprint density at radius 2 is 2.18 bits per heavy atom. The number of aromatic nitrogens is 3. The Hall–Kier alpha value is -3.04. The monoisotopic (exact) mass is 395 g/mol. The number of nitrogens with one attached hydrogen (secondary N) is 1. The summed E-state index contributed by atoms with van der Waals surface area (Å²) in [6.07, 6.45) is 8.56. The van der Waals surface area contributed by atoms with Crippen LogP contribution in [0, 0.1) is 0 Å². The number of nitrogens with zero attached hydrogens (tertiary/aromatic N) is 4. The first-order chi connectivity index (χ1) is 13.5. The fourth-order valence-corrected chi connectivity index (χ4v) is 4.63. The lowest BCUT2D eigenvalue weighted by molar-refractivity contribution is -0.133. The number of rotatable bonds is 2. The molecule has 1 saturated heterocycles. The average molecular weight is 395 g/mol. The number of amides is 1. The number of hydrogen-bond acceptors (Lipinski definition) is 7. The molecule has 28 heavy (non-hydrogen) atoms. The number of allylic oxidation sites excluding steroid dienone is 2. The van der Waals surface area contributed by atoms with Crippen LogP contribution in [0.3, 0.4) is 0 Å². The van der Waals surface area contributed by atoms with Gasteiger partial charge in [0.05, 0.1) is 22.6 Å². The van der Waals surface area contributed by atoms with E-state index in [2.05, 4.69) is 15.3 Å². The van der Waals surface area contributed by atoms with Crippen LogP contribution in [0.1, 0.15) is 0 Å². The average Bonchev–Trinajstić information content (AvgIpc) is 3.07. The van der Waals surface area contributed by atoms with Gasteiger partial charge in [0.1, 0.15) is 28.6 Å². The Labute approximate surface area is 163 Å². The van der Waals surface area contributed by atoms with Gasteiger partial charge >= 0.3 is 0 Å². The van der Waals surface area contributed by atoms with E-state index in [1.54, 1.807) is 6.20 Å². The third kappa shape index (κ3) is 2.54. The van der Waals surface area contributed by atoms with E-state index in [1.165, 1.54) is 22.2 Å². The van der Waals surface area contributed by atoms with Crippen molar-refractivity contribution >= 4 is 49.1 Å². The van der Waals surface area contributed by atoms with E-state index in [0.29, 0.717) is 15.9 Å². The van der Waals surface area contributed by atoms with E-state index in [1.807, 2.05) is 43.3 Å². The molecule has 1 aliphatic heterocycles. The first-order valence-corrected chi connectivity index (χ1v) is 9.62. The van der Waals surface area contributed by atoms with E-state index < -0.39 is 0 Å². The van der Waals surface area contributed by atoms with Crippen LogP contribution in [-0.2, 0) is 9.53 Å². The number of pyridine rings is 1. The molecule has 2 unspecified atom stereocenters. The fourth-order valence-electron chi connectivity index (χ4n) is 3.58. The smallest absolute Gasteiger partial charge is 0.275 e. The van der Waals surface area contributed by atoms with Gasteiger partial charge in [0.2, 0.25) is 5.91 Å². The predicted molar refractivity (Wildman–Crippen MR) is 109 cm³/mol. The lowest BCUT2D eigenvalue weighted by atomic mass is 10.0. The summed E-state index contributed by atoms with van der Waals surface area (Å²) in [6, 6.07) is 1.62. The summed E-state index contributed by atoms with van der Waals surface area (Å²) in [5, 5.41) is 3.76. The highest BCUT2D eigenvalue weighted by Gasteiger charge is 2.29. The number of carbonyl (C=O) groups is 1. The minimum absolute atomic E-state index is 0.0468.